The molecule has 1 aromatic carbocycles. The summed E-state index contributed by atoms with van der Waals surface area (Å²) in [7, 11) is 0. The van der Waals surface area contributed by atoms with Gasteiger partial charge in [-0.3, -0.25) is 15.5 Å². The Hall–Kier alpha value is -2.01. The molecule has 0 fully saturated rings. The molecule has 20 heavy (non-hydrogen) atoms. The zero-order chi connectivity index (χ0) is 14.7. The maximum Gasteiger partial charge on any atom is 0.332 e. The van der Waals surface area contributed by atoms with Crippen molar-refractivity contribution in [3.63, 3.8) is 0 Å². The second kappa shape index (κ2) is 5.96. The highest BCUT2D eigenvalue weighted by molar-refractivity contribution is 14.1. The summed E-state index contributed by atoms with van der Waals surface area (Å²) in [5.74, 6) is 5.46. The van der Waals surface area contributed by atoms with Gasteiger partial charge in [0.2, 0.25) is 11.8 Å². The smallest absolute Gasteiger partial charge is 0.332 e. The van der Waals surface area contributed by atoms with Crippen LogP contribution in [0.15, 0.2) is 24.3 Å². The van der Waals surface area contributed by atoms with E-state index in [-0.39, 0.29) is 23.1 Å². The molecule has 0 bridgehead atoms. The van der Waals surface area contributed by atoms with E-state index in [0.717, 1.165) is 3.57 Å². The third-order valence-corrected chi connectivity index (χ3v) is 3.13. The third kappa shape index (κ3) is 3.11. The average Bonchev–Trinajstić information content (AvgIpc) is 2.37. The Kier molecular flexibility index (Phi) is 4.29. The van der Waals surface area contributed by atoms with Gasteiger partial charge in [-0.15, -0.1) is 0 Å². The van der Waals surface area contributed by atoms with Crippen LogP contribution in [0.5, 0.6) is 0 Å². The largest absolute Gasteiger partial charge is 0.334 e. The number of anilines is 3. The van der Waals surface area contributed by atoms with Crippen LogP contribution in [0, 0.1) is 20.6 Å². The van der Waals surface area contributed by atoms with Gasteiger partial charge in [-0.2, -0.15) is 4.98 Å². The average molecular weight is 386 g/mol. The molecule has 0 unspecified atom stereocenters. The molecule has 8 nitrogen and oxygen atoms in total. The first-order valence-corrected chi connectivity index (χ1v) is 6.61. The summed E-state index contributed by atoms with van der Waals surface area (Å²) in [6, 6.07) is 7.39. The Morgan fingerprint density at radius 3 is 2.75 bits per heavy atom. The molecule has 4 N–H and O–H groups in total. The molecule has 0 aliphatic rings. The van der Waals surface area contributed by atoms with Crippen LogP contribution in [0.3, 0.4) is 0 Å². The van der Waals surface area contributed by atoms with Crippen LogP contribution < -0.4 is 16.6 Å². The van der Waals surface area contributed by atoms with E-state index in [1.54, 1.807) is 6.07 Å². The fourth-order valence-electron chi connectivity index (χ4n) is 1.64. The normalized spacial score (nSPS) is 10.2. The van der Waals surface area contributed by atoms with Crippen molar-refractivity contribution in [2.45, 2.75) is 6.92 Å². The SMILES string of the molecule is Cc1nc(NN)nc(Nc2cccc(I)c2)c1[N+](=O)[O-]. The van der Waals surface area contributed by atoms with Crippen molar-refractivity contribution < 1.29 is 4.92 Å². The fraction of sp³-hybridized carbons (Fsp3) is 0.0909. The molecule has 0 saturated heterocycles. The van der Waals surface area contributed by atoms with Gasteiger partial charge < -0.3 is 5.32 Å². The van der Waals surface area contributed by atoms with Gasteiger partial charge in [0.05, 0.1) is 4.92 Å². The van der Waals surface area contributed by atoms with Crippen LogP contribution in [0.25, 0.3) is 0 Å². The standard InChI is InChI=1S/C11H11IN6O2/c1-6-9(18(19)20)10(16-11(14-6)17-13)15-8-4-2-3-7(12)5-8/h2-5H,13H2,1H3,(H2,14,15,16,17). The van der Waals surface area contributed by atoms with Crippen LogP contribution in [-0.2, 0) is 0 Å². The van der Waals surface area contributed by atoms with Crippen molar-refractivity contribution >= 4 is 45.7 Å². The minimum absolute atomic E-state index is 0.0949. The zero-order valence-electron chi connectivity index (χ0n) is 10.4. The number of nitrogens with two attached hydrogens (primary N) is 1. The lowest BCUT2D eigenvalue weighted by molar-refractivity contribution is -0.385. The lowest BCUT2D eigenvalue weighted by Gasteiger charge is -2.09. The lowest BCUT2D eigenvalue weighted by atomic mass is 10.3. The Morgan fingerprint density at radius 2 is 2.15 bits per heavy atom. The monoisotopic (exact) mass is 386 g/mol. The number of aryl methyl sites for hydroxylation is 1. The first-order valence-electron chi connectivity index (χ1n) is 5.53. The fourth-order valence-corrected chi connectivity index (χ4v) is 2.18. The highest BCUT2D eigenvalue weighted by atomic mass is 127. The van der Waals surface area contributed by atoms with Crippen LogP contribution in [0.4, 0.5) is 23.1 Å². The summed E-state index contributed by atoms with van der Waals surface area (Å²) in [6.07, 6.45) is 0. The van der Waals surface area contributed by atoms with Crippen molar-refractivity contribution in [3.05, 3.63) is 43.6 Å². The molecule has 0 spiro atoms. The van der Waals surface area contributed by atoms with Crippen molar-refractivity contribution in [3.8, 4) is 0 Å². The molecule has 0 aliphatic carbocycles. The molecular formula is C11H11IN6O2. The van der Waals surface area contributed by atoms with Gasteiger partial charge in [0.25, 0.3) is 0 Å². The van der Waals surface area contributed by atoms with E-state index in [0.29, 0.717) is 5.69 Å². The highest BCUT2D eigenvalue weighted by Crippen LogP contribution is 2.29. The van der Waals surface area contributed by atoms with Crippen LogP contribution in [-0.4, -0.2) is 14.9 Å². The molecule has 9 heteroatoms. The Morgan fingerprint density at radius 1 is 1.40 bits per heavy atom. The number of nitro groups is 1. The Bertz CT molecular complexity index is 663. The molecule has 0 saturated carbocycles. The van der Waals surface area contributed by atoms with Crippen molar-refractivity contribution in [1.29, 1.82) is 0 Å². The molecule has 2 aromatic rings. The lowest BCUT2D eigenvalue weighted by Crippen LogP contribution is -2.13. The number of halogens is 1. The van der Waals surface area contributed by atoms with E-state index in [2.05, 4.69) is 43.3 Å². The van der Waals surface area contributed by atoms with E-state index < -0.39 is 4.92 Å². The van der Waals surface area contributed by atoms with E-state index in [1.807, 2.05) is 18.2 Å². The van der Waals surface area contributed by atoms with Crippen molar-refractivity contribution in [2.75, 3.05) is 10.7 Å². The number of rotatable bonds is 4. The summed E-state index contributed by atoms with van der Waals surface area (Å²) < 4.78 is 0.998. The van der Waals surface area contributed by atoms with E-state index in [1.165, 1.54) is 6.92 Å². The summed E-state index contributed by atoms with van der Waals surface area (Å²) >= 11 is 2.15. The number of hydrogen-bond donors (Lipinski definition) is 3. The van der Waals surface area contributed by atoms with Gasteiger partial charge >= 0.3 is 5.69 Å². The predicted octanol–water partition coefficient (Wildman–Crippen LogP) is 2.33. The molecule has 1 aromatic heterocycles. The van der Waals surface area contributed by atoms with E-state index in [4.69, 9.17) is 5.84 Å². The van der Waals surface area contributed by atoms with E-state index in [9.17, 15) is 10.1 Å². The Labute approximate surface area is 128 Å². The molecular weight excluding hydrogens is 375 g/mol. The zero-order valence-corrected chi connectivity index (χ0v) is 12.6. The quantitative estimate of drug-likeness (QED) is 0.319. The summed E-state index contributed by atoms with van der Waals surface area (Å²) in [5, 5.41) is 14.0. The minimum Gasteiger partial charge on any atom is -0.334 e. The number of hydrazine groups is 1. The van der Waals surface area contributed by atoms with Crippen LogP contribution in [0.1, 0.15) is 5.69 Å². The van der Waals surface area contributed by atoms with Gasteiger partial charge in [0, 0.05) is 9.26 Å². The third-order valence-electron chi connectivity index (χ3n) is 2.46. The van der Waals surface area contributed by atoms with Crippen molar-refractivity contribution in [2.24, 2.45) is 5.84 Å². The Balaban J connectivity index is 2.48. The van der Waals surface area contributed by atoms with Crippen LogP contribution >= 0.6 is 22.6 Å². The van der Waals surface area contributed by atoms with Crippen molar-refractivity contribution in [1.82, 2.24) is 9.97 Å². The predicted molar refractivity (Wildman–Crippen MR) is 83.7 cm³/mol. The number of benzene rings is 1. The van der Waals surface area contributed by atoms with Crippen LogP contribution in [0.2, 0.25) is 0 Å². The maximum atomic E-state index is 11.1. The maximum absolute atomic E-state index is 11.1. The molecule has 0 radical (unpaired) electrons. The van der Waals surface area contributed by atoms with Gasteiger partial charge in [-0.25, -0.2) is 10.8 Å². The second-order valence-corrected chi connectivity index (χ2v) is 5.11. The van der Waals surface area contributed by atoms with Gasteiger partial charge in [-0.05, 0) is 47.7 Å². The topological polar surface area (TPSA) is 119 Å². The molecule has 1 heterocycles. The molecule has 0 atom stereocenters. The first-order chi connectivity index (χ1) is 9.51. The van der Waals surface area contributed by atoms with Gasteiger partial charge in [0.1, 0.15) is 5.69 Å². The number of aromatic nitrogens is 2. The number of nitrogens with one attached hydrogen (secondary N) is 2. The number of hydrogen-bond acceptors (Lipinski definition) is 7. The number of nitrogens with zero attached hydrogens (tertiary/aromatic N) is 3. The second-order valence-electron chi connectivity index (χ2n) is 3.87. The minimum atomic E-state index is -0.522. The molecule has 2 rings (SSSR count). The van der Waals surface area contributed by atoms with E-state index >= 15 is 0 Å². The first kappa shape index (κ1) is 14.4. The van der Waals surface area contributed by atoms with Gasteiger partial charge in [-0.1, -0.05) is 6.07 Å². The highest BCUT2D eigenvalue weighted by Gasteiger charge is 2.22. The molecule has 0 amide bonds. The summed E-state index contributed by atoms with van der Waals surface area (Å²) in [6.45, 7) is 1.53. The summed E-state index contributed by atoms with van der Waals surface area (Å²) in [4.78, 5) is 18.5. The molecule has 0 aliphatic heterocycles. The molecule has 104 valence electrons. The van der Waals surface area contributed by atoms with Gasteiger partial charge in [0.15, 0.2) is 0 Å². The number of nitrogen functional groups attached to an aromatic ring is 1. The summed E-state index contributed by atoms with van der Waals surface area (Å²) in [5.41, 5.74) is 3.03.